The highest BCUT2D eigenvalue weighted by molar-refractivity contribution is 5.86. The van der Waals surface area contributed by atoms with Crippen molar-refractivity contribution in [3.63, 3.8) is 0 Å². The van der Waals surface area contributed by atoms with Crippen LogP contribution in [0.4, 0.5) is 5.69 Å². The zero-order chi connectivity index (χ0) is 14.0. The molecule has 0 aliphatic rings. The summed E-state index contributed by atoms with van der Waals surface area (Å²) in [4.78, 5) is 2.30. The molecule has 0 aliphatic heterocycles. The number of hydrogen-bond donors (Lipinski definition) is 1. The van der Waals surface area contributed by atoms with E-state index in [-0.39, 0.29) is 5.54 Å². The predicted octanol–water partition coefficient (Wildman–Crippen LogP) is 3.58. The molecule has 0 fully saturated rings. The molecule has 102 valence electrons. The number of nitrogens with zero attached hydrogens (tertiary/aromatic N) is 1. The van der Waals surface area contributed by atoms with Gasteiger partial charge in [-0.3, -0.25) is 0 Å². The van der Waals surface area contributed by atoms with Crippen LogP contribution in [0.15, 0.2) is 36.4 Å². The molecular formula is C17H24N2. The SMILES string of the molecule is CNC(C)(C)CN(C)c1ccc2cc(C)ccc2c1. The van der Waals surface area contributed by atoms with Gasteiger partial charge in [0.2, 0.25) is 0 Å². The molecule has 0 heterocycles. The monoisotopic (exact) mass is 256 g/mol. The topological polar surface area (TPSA) is 15.3 Å². The van der Waals surface area contributed by atoms with Gasteiger partial charge in [-0.25, -0.2) is 0 Å². The molecule has 2 aromatic rings. The van der Waals surface area contributed by atoms with Crippen molar-refractivity contribution in [3.05, 3.63) is 42.0 Å². The maximum absolute atomic E-state index is 3.34. The van der Waals surface area contributed by atoms with Gasteiger partial charge in [0, 0.05) is 24.8 Å². The second kappa shape index (κ2) is 5.22. The van der Waals surface area contributed by atoms with Gasteiger partial charge in [-0.05, 0) is 50.7 Å². The summed E-state index contributed by atoms with van der Waals surface area (Å²) in [6.07, 6.45) is 0. The van der Waals surface area contributed by atoms with E-state index < -0.39 is 0 Å². The fourth-order valence-corrected chi connectivity index (χ4v) is 2.35. The fraction of sp³-hybridized carbons (Fsp3) is 0.412. The molecule has 0 aromatic heterocycles. The van der Waals surface area contributed by atoms with Gasteiger partial charge < -0.3 is 10.2 Å². The van der Waals surface area contributed by atoms with Crippen LogP contribution in [0.3, 0.4) is 0 Å². The van der Waals surface area contributed by atoms with Crippen molar-refractivity contribution in [2.45, 2.75) is 26.3 Å². The summed E-state index contributed by atoms with van der Waals surface area (Å²) in [6, 6.07) is 13.3. The Labute approximate surface area is 116 Å². The Morgan fingerprint density at radius 3 is 2.37 bits per heavy atom. The molecule has 0 saturated carbocycles. The van der Waals surface area contributed by atoms with Crippen LogP contribution in [0, 0.1) is 6.92 Å². The highest BCUT2D eigenvalue weighted by atomic mass is 15.1. The molecular weight excluding hydrogens is 232 g/mol. The van der Waals surface area contributed by atoms with Crippen molar-refractivity contribution in [3.8, 4) is 0 Å². The number of aryl methyl sites for hydroxylation is 1. The number of nitrogens with one attached hydrogen (secondary N) is 1. The van der Waals surface area contributed by atoms with Gasteiger partial charge in [0.05, 0.1) is 0 Å². The molecule has 19 heavy (non-hydrogen) atoms. The Balaban J connectivity index is 2.28. The van der Waals surface area contributed by atoms with Crippen LogP contribution >= 0.6 is 0 Å². The smallest absolute Gasteiger partial charge is 0.0370 e. The average Bonchev–Trinajstić information content (AvgIpc) is 2.37. The molecule has 0 amide bonds. The molecule has 2 heteroatoms. The lowest BCUT2D eigenvalue weighted by Crippen LogP contribution is -2.46. The second-order valence-electron chi connectivity index (χ2n) is 6.02. The largest absolute Gasteiger partial charge is 0.373 e. The van der Waals surface area contributed by atoms with Gasteiger partial charge in [-0.2, -0.15) is 0 Å². The van der Waals surface area contributed by atoms with Crippen LogP contribution in [0.5, 0.6) is 0 Å². The third-order valence-electron chi connectivity index (χ3n) is 3.73. The minimum absolute atomic E-state index is 0.108. The lowest BCUT2D eigenvalue weighted by molar-refractivity contribution is 0.428. The highest BCUT2D eigenvalue weighted by Crippen LogP contribution is 2.23. The van der Waals surface area contributed by atoms with E-state index in [1.165, 1.54) is 22.0 Å². The summed E-state index contributed by atoms with van der Waals surface area (Å²) in [6.45, 7) is 7.54. The van der Waals surface area contributed by atoms with Crippen molar-refractivity contribution in [2.75, 3.05) is 25.5 Å². The predicted molar refractivity (Wildman–Crippen MR) is 85.1 cm³/mol. The molecule has 1 N–H and O–H groups in total. The van der Waals surface area contributed by atoms with Crippen molar-refractivity contribution >= 4 is 16.5 Å². The number of anilines is 1. The highest BCUT2D eigenvalue weighted by Gasteiger charge is 2.17. The van der Waals surface area contributed by atoms with Gasteiger partial charge in [-0.1, -0.05) is 29.8 Å². The van der Waals surface area contributed by atoms with Gasteiger partial charge >= 0.3 is 0 Å². The average molecular weight is 256 g/mol. The van der Waals surface area contributed by atoms with E-state index in [4.69, 9.17) is 0 Å². The van der Waals surface area contributed by atoms with Crippen molar-refractivity contribution < 1.29 is 0 Å². The van der Waals surface area contributed by atoms with Crippen LogP contribution in [0.25, 0.3) is 10.8 Å². The fourth-order valence-electron chi connectivity index (χ4n) is 2.35. The molecule has 0 radical (unpaired) electrons. The van der Waals surface area contributed by atoms with E-state index in [2.05, 4.69) is 74.4 Å². The summed E-state index contributed by atoms with van der Waals surface area (Å²) in [5.41, 5.74) is 2.68. The minimum atomic E-state index is 0.108. The first-order valence-corrected chi connectivity index (χ1v) is 6.82. The second-order valence-corrected chi connectivity index (χ2v) is 6.02. The Morgan fingerprint density at radius 1 is 1.05 bits per heavy atom. The third-order valence-corrected chi connectivity index (χ3v) is 3.73. The van der Waals surface area contributed by atoms with Gasteiger partial charge in [0.25, 0.3) is 0 Å². The Kier molecular flexibility index (Phi) is 3.81. The lowest BCUT2D eigenvalue weighted by atomic mass is 10.0. The van der Waals surface area contributed by atoms with E-state index in [1.807, 2.05) is 7.05 Å². The molecule has 0 atom stereocenters. The number of rotatable bonds is 4. The first-order valence-electron chi connectivity index (χ1n) is 6.82. The zero-order valence-electron chi connectivity index (χ0n) is 12.6. The van der Waals surface area contributed by atoms with E-state index in [1.54, 1.807) is 0 Å². The minimum Gasteiger partial charge on any atom is -0.373 e. The first-order chi connectivity index (χ1) is 8.91. The molecule has 2 aromatic carbocycles. The summed E-state index contributed by atoms with van der Waals surface area (Å²) >= 11 is 0. The maximum atomic E-state index is 3.34. The third kappa shape index (κ3) is 3.27. The summed E-state index contributed by atoms with van der Waals surface area (Å²) in [7, 11) is 4.16. The van der Waals surface area contributed by atoms with Crippen LogP contribution in [0.1, 0.15) is 19.4 Å². The van der Waals surface area contributed by atoms with Crippen molar-refractivity contribution in [1.29, 1.82) is 0 Å². The number of likely N-dealkylation sites (N-methyl/N-ethyl adjacent to an activating group) is 2. The number of fused-ring (bicyclic) bond motifs is 1. The lowest BCUT2D eigenvalue weighted by Gasteiger charge is -2.31. The van der Waals surface area contributed by atoms with Crippen molar-refractivity contribution in [1.82, 2.24) is 5.32 Å². The maximum Gasteiger partial charge on any atom is 0.0370 e. The quantitative estimate of drug-likeness (QED) is 0.899. The van der Waals surface area contributed by atoms with Gasteiger partial charge in [0.15, 0.2) is 0 Å². The number of hydrogen-bond acceptors (Lipinski definition) is 2. The molecule has 0 unspecified atom stereocenters. The van der Waals surface area contributed by atoms with E-state index in [9.17, 15) is 0 Å². The standard InChI is InChI=1S/C17H24N2/c1-13-6-7-15-11-16(9-8-14(15)10-13)19(5)12-17(2,3)18-4/h6-11,18H,12H2,1-5H3. The molecule has 0 bridgehead atoms. The van der Waals surface area contributed by atoms with E-state index in [0.29, 0.717) is 0 Å². The van der Waals surface area contributed by atoms with E-state index in [0.717, 1.165) is 6.54 Å². The molecule has 2 nitrogen and oxygen atoms in total. The molecule has 0 spiro atoms. The van der Waals surface area contributed by atoms with Gasteiger partial charge in [-0.15, -0.1) is 0 Å². The van der Waals surface area contributed by atoms with Crippen LogP contribution in [-0.4, -0.2) is 26.2 Å². The molecule has 2 rings (SSSR count). The Morgan fingerprint density at radius 2 is 1.68 bits per heavy atom. The Hall–Kier alpha value is -1.54. The summed E-state index contributed by atoms with van der Waals surface area (Å²) in [5, 5.41) is 5.96. The Bertz CT molecular complexity index is 572. The van der Waals surface area contributed by atoms with E-state index >= 15 is 0 Å². The van der Waals surface area contributed by atoms with Crippen LogP contribution < -0.4 is 10.2 Å². The normalized spacial score (nSPS) is 11.8. The number of benzene rings is 2. The van der Waals surface area contributed by atoms with Crippen LogP contribution in [-0.2, 0) is 0 Å². The zero-order valence-corrected chi connectivity index (χ0v) is 12.6. The van der Waals surface area contributed by atoms with Crippen LogP contribution in [0.2, 0.25) is 0 Å². The summed E-state index contributed by atoms with van der Waals surface area (Å²) in [5.74, 6) is 0. The molecule has 0 saturated heterocycles. The van der Waals surface area contributed by atoms with Crippen molar-refractivity contribution in [2.24, 2.45) is 0 Å². The molecule has 0 aliphatic carbocycles. The first kappa shape index (κ1) is 13.9. The van der Waals surface area contributed by atoms with Gasteiger partial charge in [0.1, 0.15) is 0 Å². The summed E-state index contributed by atoms with van der Waals surface area (Å²) < 4.78 is 0.